The summed E-state index contributed by atoms with van der Waals surface area (Å²) in [5.74, 6) is 1.63. The second-order valence-corrected chi connectivity index (χ2v) is 6.89. The van der Waals surface area contributed by atoms with Crippen LogP contribution in [0.5, 0.6) is 0 Å². The van der Waals surface area contributed by atoms with Crippen molar-refractivity contribution in [3.05, 3.63) is 69.0 Å². The van der Waals surface area contributed by atoms with Crippen molar-refractivity contribution in [1.29, 1.82) is 0 Å². The molecule has 0 atom stereocenters. The molecule has 0 saturated carbocycles. The van der Waals surface area contributed by atoms with Crippen LogP contribution in [0.3, 0.4) is 0 Å². The molecule has 0 saturated heterocycles. The monoisotopic (exact) mass is 387 g/mol. The molecule has 134 valence electrons. The van der Waals surface area contributed by atoms with Crippen molar-refractivity contribution in [3.63, 3.8) is 0 Å². The molecular formula is C19H19Cl2N5. The van der Waals surface area contributed by atoms with Crippen LogP contribution in [0, 0.1) is 20.8 Å². The fraction of sp³-hybridized carbons (Fsp3) is 0.211. The Bertz CT molecular complexity index is 943. The van der Waals surface area contributed by atoms with Gasteiger partial charge in [0.05, 0.1) is 10.0 Å². The third-order valence-electron chi connectivity index (χ3n) is 3.81. The fourth-order valence-electron chi connectivity index (χ4n) is 2.52. The van der Waals surface area contributed by atoms with Gasteiger partial charge in [0.1, 0.15) is 5.82 Å². The smallest absolute Gasteiger partial charge is 0.232 e. The number of halogens is 2. The fourth-order valence-corrected chi connectivity index (χ4v) is 2.84. The Kier molecular flexibility index (Phi) is 5.59. The maximum absolute atomic E-state index is 6.05. The van der Waals surface area contributed by atoms with Crippen molar-refractivity contribution in [1.82, 2.24) is 15.0 Å². The highest BCUT2D eigenvalue weighted by atomic mass is 35.5. The molecule has 3 aromatic rings. The van der Waals surface area contributed by atoms with E-state index in [9.17, 15) is 0 Å². The molecule has 0 spiro atoms. The number of hydrogen-bond donors (Lipinski definition) is 2. The summed E-state index contributed by atoms with van der Waals surface area (Å²) in [6.07, 6.45) is 0. The van der Waals surface area contributed by atoms with Gasteiger partial charge in [-0.1, -0.05) is 47.0 Å². The zero-order valence-corrected chi connectivity index (χ0v) is 16.3. The van der Waals surface area contributed by atoms with E-state index < -0.39 is 0 Å². The van der Waals surface area contributed by atoms with Gasteiger partial charge in [-0.15, -0.1) is 0 Å². The quantitative estimate of drug-likeness (QED) is 0.608. The Morgan fingerprint density at radius 3 is 2.35 bits per heavy atom. The van der Waals surface area contributed by atoms with E-state index in [1.807, 2.05) is 38.1 Å². The van der Waals surface area contributed by atoms with Gasteiger partial charge in [-0.2, -0.15) is 15.0 Å². The summed E-state index contributed by atoms with van der Waals surface area (Å²) >= 11 is 12.0. The first-order chi connectivity index (χ1) is 12.4. The molecule has 2 aromatic carbocycles. The SMILES string of the molecule is Cc1ccc(Nc2nc(C)nc(NCc3ccc(Cl)c(Cl)c3)n2)c(C)c1. The number of aryl methyl sites for hydroxylation is 3. The van der Waals surface area contributed by atoms with Crippen LogP contribution in [0.1, 0.15) is 22.5 Å². The highest BCUT2D eigenvalue weighted by Crippen LogP contribution is 2.23. The van der Waals surface area contributed by atoms with Crippen LogP contribution < -0.4 is 10.6 Å². The van der Waals surface area contributed by atoms with Crippen molar-refractivity contribution in [2.45, 2.75) is 27.3 Å². The number of hydrogen-bond acceptors (Lipinski definition) is 5. The summed E-state index contributed by atoms with van der Waals surface area (Å²) in [5.41, 5.74) is 4.30. The van der Waals surface area contributed by atoms with Gasteiger partial charge in [0.2, 0.25) is 11.9 Å². The molecule has 2 N–H and O–H groups in total. The first-order valence-electron chi connectivity index (χ1n) is 8.15. The van der Waals surface area contributed by atoms with Crippen LogP contribution in [0.4, 0.5) is 17.6 Å². The summed E-state index contributed by atoms with van der Waals surface area (Å²) in [7, 11) is 0. The number of rotatable bonds is 5. The molecule has 0 bridgehead atoms. The van der Waals surface area contributed by atoms with E-state index in [0.29, 0.717) is 34.3 Å². The predicted molar refractivity (Wildman–Crippen MR) is 108 cm³/mol. The molecule has 0 radical (unpaired) electrons. The van der Waals surface area contributed by atoms with Crippen LogP contribution in [-0.2, 0) is 6.54 Å². The summed E-state index contributed by atoms with van der Waals surface area (Å²) < 4.78 is 0. The summed E-state index contributed by atoms with van der Waals surface area (Å²) in [6.45, 7) is 6.48. The Morgan fingerprint density at radius 2 is 1.62 bits per heavy atom. The molecule has 5 nitrogen and oxygen atoms in total. The van der Waals surface area contributed by atoms with Gasteiger partial charge in [-0.3, -0.25) is 0 Å². The zero-order valence-electron chi connectivity index (χ0n) is 14.8. The molecule has 0 fully saturated rings. The van der Waals surface area contributed by atoms with Crippen molar-refractivity contribution in [2.75, 3.05) is 10.6 Å². The molecule has 0 aliphatic rings. The number of nitrogens with zero attached hydrogens (tertiary/aromatic N) is 3. The highest BCUT2D eigenvalue weighted by molar-refractivity contribution is 6.42. The van der Waals surface area contributed by atoms with Crippen LogP contribution in [0.15, 0.2) is 36.4 Å². The number of benzene rings is 2. The molecular weight excluding hydrogens is 369 g/mol. The molecule has 7 heteroatoms. The van der Waals surface area contributed by atoms with Crippen LogP contribution >= 0.6 is 23.2 Å². The highest BCUT2D eigenvalue weighted by Gasteiger charge is 2.07. The molecule has 0 unspecified atom stereocenters. The first kappa shape index (κ1) is 18.4. The van der Waals surface area contributed by atoms with Crippen molar-refractivity contribution < 1.29 is 0 Å². The minimum absolute atomic E-state index is 0.496. The number of anilines is 3. The molecule has 0 aliphatic carbocycles. The normalized spacial score (nSPS) is 10.7. The lowest BCUT2D eigenvalue weighted by molar-refractivity contribution is 0.958. The topological polar surface area (TPSA) is 62.7 Å². The first-order valence-corrected chi connectivity index (χ1v) is 8.91. The Labute approximate surface area is 162 Å². The Hall–Kier alpha value is -2.37. The van der Waals surface area contributed by atoms with E-state index >= 15 is 0 Å². The van der Waals surface area contributed by atoms with Gasteiger partial charge in [0, 0.05) is 12.2 Å². The van der Waals surface area contributed by atoms with E-state index in [-0.39, 0.29) is 0 Å². The van der Waals surface area contributed by atoms with Crippen LogP contribution in [0.2, 0.25) is 10.0 Å². The van der Waals surface area contributed by atoms with Gasteiger partial charge >= 0.3 is 0 Å². The van der Waals surface area contributed by atoms with Crippen molar-refractivity contribution in [2.24, 2.45) is 0 Å². The van der Waals surface area contributed by atoms with Crippen LogP contribution in [0.25, 0.3) is 0 Å². The molecule has 1 heterocycles. The minimum Gasteiger partial charge on any atom is -0.350 e. The average Bonchev–Trinajstić information content (AvgIpc) is 2.58. The predicted octanol–water partition coefficient (Wildman–Crippen LogP) is 5.46. The summed E-state index contributed by atoms with van der Waals surface area (Å²) in [6, 6.07) is 11.7. The number of aromatic nitrogens is 3. The molecule has 0 aliphatic heterocycles. The summed E-state index contributed by atoms with van der Waals surface area (Å²) in [5, 5.41) is 7.51. The third kappa shape index (κ3) is 4.62. The van der Waals surface area contributed by atoms with Gasteiger partial charge < -0.3 is 10.6 Å². The van der Waals surface area contributed by atoms with Gasteiger partial charge in [-0.25, -0.2) is 0 Å². The van der Waals surface area contributed by atoms with Gasteiger partial charge in [0.15, 0.2) is 0 Å². The average molecular weight is 388 g/mol. The zero-order chi connectivity index (χ0) is 18.7. The minimum atomic E-state index is 0.496. The molecule has 0 amide bonds. The van der Waals surface area contributed by atoms with E-state index in [4.69, 9.17) is 23.2 Å². The van der Waals surface area contributed by atoms with Gasteiger partial charge in [0.25, 0.3) is 0 Å². The third-order valence-corrected chi connectivity index (χ3v) is 4.55. The van der Waals surface area contributed by atoms with Crippen molar-refractivity contribution >= 4 is 40.8 Å². The van der Waals surface area contributed by atoms with E-state index in [0.717, 1.165) is 16.8 Å². The lowest BCUT2D eigenvalue weighted by Gasteiger charge is -2.11. The Balaban J connectivity index is 1.75. The van der Waals surface area contributed by atoms with Crippen molar-refractivity contribution in [3.8, 4) is 0 Å². The molecule has 26 heavy (non-hydrogen) atoms. The maximum Gasteiger partial charge on any atom is 0.232 e. The maximum atomic E-state index is 6.05. The van der Waals surface area contributed by atoms with E-state index in [1.54, 1.807) is 6.07 Å². The second kappa shape index (κ2) is 7.89. The Morgan fingerprint density at radius 1 is 0.846 bits per heavy atom. The van der Waals surface area contributed by atoms with E-state index in [2.05, 4.69) is 38.6 Å². The standard InChI is InChI=1S/C19H19Cl2N5/c1-11-4-7-17(12(2)8-11)25-19-24-13(3)23-18(26-19)22-10-14-5-6-15(20)16(21)9-14/h4-9H,10H2,1-3H3,(H2,22,23,24,25,26). The summed E-state index contributed by atoms with van der Waals surface area (Å²) in [4.78, 5) is 13.1. The lowest BCUT2D eigenvalue weighted by Crippen LogP contribution is -2.08. The lowest BCUT2D eigenvalue weighted by atomic mass is 10.1. The van der Waals surface area contributed by atoms with Crippen LogP contribution in [-0.4, -0.2) is 15.0 Å². The van der Waals surface area contributed by atoms with Gasteiger partial charge in [-0.05, 0) is 50.1 Å². The molecule has 3 rings (SSSR count). The van der Waals surface area contributed by atoms with E-state index in [1.165, 1.54) is 5.56 Å². The second-order valence-electron chi connectivity index (χ2n) is 6.08. The number of nitrogens with one attached hydrogen (secondary N) is 2. The largest absolute Gasteiger partial charge is 0.350 e. The molecule has 1 aromatic heterocycles.